The van der Waals surface area contributed by atoms with Gasteiger partial charge in [0.05, 0.1) is 14.2 Å². The van der Waals surface area contributed by atoms with Crippen LogP contribution in [0.4, 0.5) is 25.1 Å². The Balaban J connectivity index is 1.57. The van der Waals surface area contributed by atoms with Gasteiger partial charge in [0.2, 0.25) is 0 Å². The first kappa shape index (κ1) is 25.8. The summed E-state index contributed by atoms with van der Waals surface area (Å²) in [5, 5.41) is 10.3. The Labute approximate surface area is 216 Å². The van der Waals surface area contributed by atoms with E-state index in [1.165, 1.54) is 0 Å². The second-order valence-corrected chi connectivity index (χ2v) is 8.38. The van der Waals surface area contributed by atoms with E-state index in [-0.39, 0.29) is 22.9 Å². The molecule has 0 aliphatic carbocycles. The molecule has 0 unspecified atom stereocenters. The summed E-state index contributed by atoms with van der Waals surface area (Å²) in [5.74, 6) is -0.286. The number of ether oxygens (including phenoxy) is 2. The van der Waals surface area contributed by atoms with E-state index in [9.17, 15) is 13.6 Å². The highest BCUT2D eigenvalue weighted by Crippen LogP contribution is 2.35. The first-order valence-corrected chi connectivity index (χ1v) is 11.5. The smallest absolute Gasteiger partial charge is 0.319 e. The van der Waals surface area contributed by atoms with E-state index in [0.717, 1.165) is 28.4 Å². The van der Waals surface area contributed by atoms with E-state index in [4.69, 9.17) is 26.8 Å². The molecule has 0 atom stereocenters. The summed E-state index contributed by atoms with van der Waals surface area (Å²) < 4.78 is 40.0. The van der Waals surface area contributed by atoms with E-state index < -0.39 is 17.7 Å². The largest absolute Gasteiger partial charge is 0.493 e. The molecular weight excluding hydrogens is 504 g/mol. The van der Waals surface area contributed by atoms with Crippen LogP contribution in [0.1, 0.15) is 5.56 Å². The van der Waals surface area contributed by atoms with E-state index in [1.807, 2.05) is 12.1 Å². The number of nitrogen functional groups attached to an aromatic ring is 1. The van der Waals surface area contributed by atoms with Crippen molar-refractivity contribution in [3.05, 3.63) is 82.9 Å². The molecule has 1 heterocycles. The summed E-state index contributed by atoms with van der Waals surface area (Å²) in [6.45, 7) is 0.296. The van der Waals surface area contributed by atoms with Gasteiger partial charge in [-0.15, -0.1) is 0 Å². The molecular formula is C26H24ClF2N5O3. The number of halogens is 3. The Kier molecular flexibility index (Phi) is 7.78. The average molecular weight is 528 g/mol. The average Bonchev–Trinajstić information content (AvgIpc) is 3.21. The third kappa shape index (κ3) is 5.75. The second kappa shape index (κ2) is 11.2. The van der Waals surface area contributed by atoms with Gasteiger partial charge in [0.15, 0.2) is 17.3 Å². The van der Waals surface area contributed by atoms with Gasteiger partial charge < -0.3 is 25.8 Å². The highest BCUT2D eigenvalue weighted by Gasteiger charge is 2.22. The van der Waals surface area contributed by atoms with Crippen LogP contribution >= 0.6 is 11.6 Å². The quantitative estimate of drug-likeness (QED) is 0.283. The van der Waals surface area contributed by atoms with E-state index >= 15 is 0 Å². The number of amides is 2. The minimum Gasteiger partial charge on any atom is -0.493 e. The van der Waals surface area contributed by atoms with Crippen molar-refractivity contribution in [2.45, 2.75) is 6.42 Å². The number of carbonyl (C=O) groups excluding carboxylic acids is 1. The third-order valence-corrected chi connectivity index (χ3v) is 5.81. The Bertz CT molecular complexity index is 1430. The SMILES string of the molecule is COc1ccc(CCNC(=O)Nc2c(-c3ccc(Cl)cc3)nn(-c3cc(F)ccc3F)c2N)cc1OC. The van der Waals surface area contributed by atoms with Crippen molar-refractivity contribution in [1.29, 1.82) is 0 Å². The highest BCUT2D eigenvalue weighted by atomic mass is 35.5. The molecule has 2 amide bonds. The van der Waals surface area contributed by atoms with Crippen molar-refractivity contribution >= 4 is 29.1 Å². The van der Waals surface area contributed by atoms with Gasteiger partial charge in [-0.25, -0.2) is 18.3 Å². The van der Waals surface area contributed by atoms with E-state index in [2.05, 4.69) is 15.7 Å². The zero-order valence-corrected chi connectivity index (χ0v) is 20.8. The van der Waals surface area contributed by atoms with Crippen molar-refractivity contribution < 1.29 is 23.0 Å². The maximum atomic E-state index is 14.5. The first-order chi connectivity index (χ1) is 17.8. The lowest BCUT2D eigenvalue weighted by molar-refractivity contribution is 0.252. The van der Waals surface area contributed by atoms with Gasteiger partial charge >= 0.3 is 6.03 Å². The van der Waals surface area contributed by atoms with Crippen LogP contribution in [0, 0.1) is 11.6 Å². The van der Waals surface area contributed by atoms with Crippen molar-refractivity contribution in [2.24, 2.45) is 0 Å². The number of anilines is 2. The lowest BCUT2D eigenvalue weighted by Crippen LogP contribution is -2.30. The number of aromatic nitrogens is 2. The molecule has 4 aromatic rings. The van der Waals surface area contributed by atoms with Gasteiger partial charge in [-0.2, -0.15) is 5.10 Å². The Morgan fingerprint density at radius 2 is 1.76 bits per heavy atom. The molecule has 4 N–H and O–H groups in total. The van der Waals surface area contributed by atoms with Crippen LogP contribution in [0.5, 0.6) is 11.5 Å². The summed E-state index contributed by atoms with van der Waals surface area (Å²) in [6.07, 6.45) is 0.515. The fourth-order valence-corrected chi connectivity index (χ4v) is 3.84. The number of hydrogen-bond donors (Lipinski definition) is 3. The molecule has 0 spiro atoms. The number of carbonyl (C=O) groups is 1. The highest BCUT2D eigenvalue weighted by molar-refractivity contribution is 6.30. The molecule has 11 heteroatoms. The van der Waals surface area contributed by atoms with Crippen LogP contribution in [-0.2, 0) is 6.42 Å². The molecule has 4 rings (SSSR count). The fraction of sp³-hybridized carbons (Fsp3) is 0.154. The van der Waals surface area contributed by atoms with Gasteiger partial charge in [0.1, 0.15) is 28.7 Å². The molecule has 0 fully saturated rings. The Morgan fingerprint density at radius 3 is 2.46 bits per heavy atom. The van der Waals surface area contributed by atoms with Gasteiger partial charge in [0, 0.05) is 23.2 Å². The number of nitrogens with one attached hydrogen (secondary N) is 2. The number of hydrogen-bond acceptors (Lipinski definition) is 5. The van der Waals surface area contributed by atoms with Gasteiger partial charge in [-0.1, -0.05) is 29.8 Å². The zero-order chi connectivity index (χ0) is 26.5. The minimum absolute atomic E-state index is 0.0792. The summed E-state index contributed by atoms with van der Waals surface area (Å²) in [5.41, 5.74) is 7.95. The number of benzene rings is 3. The topological polar surface area (TPSA) is 103 Å². The number of urea groups is 1. The summed E-state index contributed by atoms with van der Waals surface area (Å²) in [6, 6.07) is 14.5. The van der Waals surface area contributed by atoms with Crippen molar-refractivity contribution in [2.75, 3.05) is 31.8 Å². The van der Waals surface area contributed by atoms with Crippen LogP contribution < -0.4 is 25.8 Å². The predicted octanol–water partition coefficient (Wildman–Crippen LogP) is 5.43. The van der Waals surface area contributed by atoms with E-state index in [0.29, 0.717) is 35.1 Å². The Morgan fingerprint density at radius 1 is 1.03 bits per heavy atom. The maximum Gasteiger partial charge on any atom is 0.319 e. The van der Waals surface area contributed by atoms with Crippen LogP contribution in [0.3, 0.4) is 0 Å². The van der Waals surface area contributed by atoms with Gasteiger partial charge in [-0.05, 0) is 48.4 Å². The van der Waals surface area contributed by atoms with Crippen LogP contribution in [0.25, 0.3) is 16.9 Å². The molecule has 8 nitrogen and oxygen atoms in total. The van der Waals surface area contributed by atoms with Crippen molar-refractivity contribution in [1.82, 2.24) is 15.1 Å². The number of methoxy groups -OCH3 is 2. The number of rotatable bonds is 8. The van der Waals surface area contributed by atoms with Crippen LogP contribution in [0.2, 0.25) is 5.02 Å². The molecule has 0 radical (unpaired) electrons. The lowest BCUT2D eigenvalue weighted by atomic mass is 10.1. The molecule has 1 aromatic heterocycles. The summed E-state index contributed by atoms with van der Waals surface area (Å²) in [7, 11) is 3.10. The lowest BCUT2D eigenvalue weighted by Gasteiger charge is -2.11. The fourth-order valence-electron chi connectivity index (χ4n) is 3.71. The standard InChI is InChI=1S/C26H24ClF2N5O3/c1-36-21-10-3-15(13-22(21)37-2)11-12-31-26(35)32-24-23(16-4-6-17(27)7-5-16)33-34(25(24)30)20-14-18(28)8-9-19(20)29/h3-10,13-14H,11-12,30H2,1-2H3,(H2,31,32,35). The number of nitrogens with two attached hydrogens (primary N) is 1. The molecule has 0 aliphatic rings. The summed E-state index contributed by atoms with van der Waals surface area (Å²) in [4.78, 5) is 12.8. The van der Waals surface area contributed by atoms with Gasteiger partial charge in [0.25, 0.3) is 0 Å². The molecule has 192 valence electrons. The molecule has 0 bridgehead atoms. The molecule has 37 heavy (non-hydrogen) atoms. The van der Waals surface area contributed by atoms with Crippen LogP contribution in [0.15, 0.2) is 60.7 Å². The molecule has 0 saturated heterocycles. The zero-order valence-electron chi connectivity index (χ0n) is 20.0. The van der Waals surface area contributed by atoms with Gasteiger partial charge in [-0.3, -0.25) is 0 Å². The number of nitrogens with zero attached hydrogens (tertiary/aromatic N) is 2. The van der Waals surface area contributed by atoms with Crippen molar-refractivity contribution in [3.8, 4) is 28.4 Å². The predicted molar refractivity (Wildman–Crippen MR) is 139 cm³/mol. The van der Waals surface area contributed by atoms with E-state index in [1.54, 1.807) is 44.6 Å². The third-order valence-electron chi connectivity index (χ3n) is 5.56. The van der Waals surface area contributed by atoms with Crippen LogP contribution in [-0.4, -0.2) is 36.6 Å². The second-order valence-electron chi connectivity index (χ2n) is 7.94. The normalized spacial score (nSPS) is 10.7. The molecule has 3 aromatic carbocycles. The first-order valence-electron chi connectivity index (χ1n) is 11.2. The monoisotopic (exact) mass is 527 g/mol. The summed E-state index contributed by atoms with van der Waals surface area (Å²) >= 11 is 6.00. The molecule has 0 saturated carbocycles. The Hall–Kier alpha value is -4.31. The van der Waals surface area contributed by atoms with Crippen molar-refractivity contribution in [3.63, 3.8) is 0 Å². The minimum atomic E-state index is -0.732. The molecule has 0 aliphatic heterocycles. The maximum absolute atomic E-state index is 14.5.